The average Bonchev–Trinajstić information content (AvgIpc) is 2.49. The summed E-state index contributed by atoms with van der Waals surface area (Å²) >= 11 is 0. The summed E-state index contributed by atoms with van der Waals surface area (Å²) in [5.41, 5.74) is 1.11. The molecule has 3 nitrogen and oxygen atoms in total. The first-order chi connectivity index (χ1) is 10.0. The van der Waals surface area contributed by atoms with Crippen LogP contribution < -0.4 is 0 Å². The molecule has 0 heterocycles. The van der Waals surface area contributed by atoms with Crippen LogP contribution in [0, 0.1) is 18.3 Å². The molecular formula is C17H22O3S. The minimum atomic E-state index is -3.65. The zero-order valence-electron chi connectivity index (χ0n) is 12.4. The Labute approximate surface area is 127 Å². The van der Waals surface area contributed by atoms with Crippen molar-refractivity contribution in [2.45, 2.75) is 56.4 Å². The van der Waals surface area contributed by atoms with E-state index < -0.39 is 10.1 Å². The summed E-state index contributed by atoms with van der Waals surface area (Å²) in [4.78, 5) is 0.241. The number of benzene rings is 1. The lowest BCUT2D eigenvalue weighted by Gasteiger charge is -2.26. The second-order valence-electron chi connectivity index (χ2n) is 5.60. The summed E-state index contributed by atoms with van der Waals surface area (Å²) in [5.74, 6) is 3.19. The van der Waals surface area contributed by atoms with E-state index >= 15 is 0 Å². The Hall–Kier alpha value is -1.31. The average molecular weight is 306 g/mol. The highest BCUT2D eigenvalue weighted by Gasteiger charge is 2.26. The third-order valence-corrected chi connectivity index (χ3v) is 5.46. The molecule has 0 aromatic heterocycles. The topological polar surface area (TPSA) is 43.4 Å². The molecule has 2 rings (SSSR count). The van der Waals surface area contributed by atoms with E-state index in [0.717, 1.165) is 44.1 Å². The standard InChI is InChI=1S/C17H22O3S/c1-3-5-15-6-10-16(11-7-15)20-21(18,19)17-12-8-14(4-2)9-13-17/h1,8-9,12-13,15-16H,4-7,10-11H2,2H3. The molecule has 0 unspecified atom stereocenters. The molecule has 1 aliphatic carbocycles. The van der Waals surface area contributed by atoms with Crippen LogP contribution in [0.5, 0.6) is 0 Å². The first-order valence-electron chi connectivity index (χ1n) is 7.51. The Kier molecular flexibility index (Phi) is 5.44. The summed E-state index contributed by atoms with van der Waals surface area (Å²) < 4.78 is 29.9. The van der Waals surface area contributed by atoms with Gasteiger partial charge >= 0.3 is 0 Å². The van der Waals surface area contributed by atoms with Gasteiger partial charge in [-0.1, -0.05) is 19.1 Å². The van der Waals surface area contributed by atoms with E-state index in [-0.39, 0.29) is 11.0 Å². The number of hydrogen-bond acceptors (Lipinski definition) is 3. The lowest BCUT2D eigenvalue weighted by molar-refractivity contribution is 0.138. The van der Waals surface area contributed by atoms with Gasteiger partial charge in [0.25, 0.3) is 10.1 Å². The molecule has 1 saturated carbocycles. The van der Waals surface area contributed by atoms with Crippen molar-refractivity contribution in [3.05, 3.63) is 29.8 Å². The van der Waals surface area contributed by atoms with Crippen LogP contribution in [0.2, 0.25) is 0 Å². The molecule has 1 aromatic rings. The van der Waals surface area contributed by atoms with Crippen molar-refractivity contribution in [2.75, 3.05) is 0 Å². The van der Waals surface area contributed by atoms with Gasteiger partial charge < -0.3 is 0 Å². The largest absolute Gasteiger partial charge is 0.297 e. The maximum atomic E-state index is 12.3. The van der Waals surface area contributed by atoms with Crippen molar-refractivity contribution in [1.82, 2.24) is 0 Å². The highest BCUT2D eigenvalue weighted by Crippen LogP contribution is 2.30. The quantitative estimate of drug-likeness (QED) is 0.617. The molecule has 114 valence electrons. The van der Waals surface area contributed by atoms with E-state index in [9.17, 15) is 8.42 Å². The highest BCUT2D eigenvalue weighted by atomic mass is 32.2. The van der Waals surface area contributed by atoms with Gasteiger partial charge in [0.05, 0.1) is 11.0 Å². The molecule has 1 fully saturated rings. The van der Waals surface area contributed by atoms with Crippen molar-refractivity contribution in [3.63, 3.8) is 0 Å². The van der Waals surface area contributed by atoms with Gasteiger partial charge in [0, 0.05) is 6.42 Å². The molecule has 0 atom stereocenters. The zero-order valence-corrected chi connectivity index (χ0v) is 13.2. The van der Waals surface area contributed by atoms with Crippen LogP contribution in [0.1, 0.15) is 44.6 Å². The molecule has 21 heavy (non-hydrogen) atoms. The van der Waals surface area contributed by atoms with Crippen LogP contribution in [-0.4, -0.2) is 14.5 Å². The van der Waals surface area contributed by atoms with E-state index in [1.807, 2.05) is 19.1 Å². The van der Waals surface area contributed by atoms with Crippen molar-refractivity contribution >= 4 is 10.1 Å². The number of aryl methyl sites for hydroxylation is 1. The first-order valence-corrected chi connectivity index (χ1v) is 8.91. The van der Waals surface area contributed by atoms with Gasteiger partial charge in [-0.3, -0.25) is 4.18 Å². The normalized spacial score (nSPS) is 22.7. The van der Waals surface area contributed by atoms with Crippen LogP contribution >= 0.6 is 0 Å². The molecule has 0 N–H and O–H groups in total. The monoisotopic (exact) mass is 306 g/mol. The van der Waals surface area contributed by atoms with Crippen molar-refractivity contribution in [1.29, 1.82) is 0 Å². The molecule has 1 aromatic carbocycles. The van der Waals surface area contributed by atoms with Gasteiger partial charge in [0.15, 0.2) is 0 Å². The fourth-order valence-corrected chi connectivity index (χ4v) is 3.86. The summed E-state index contributed by atoms with van der Waals surface area (Å²) in [6, 6.07) is 6.91. The van der Waals surface area contributed by atoms with Crippen LogP contribution in [0.15, 0.2) is 29.2 Å². The van der Waals surface area contributed by atoms with Gasteiger partial charge in [0.1, 0.15) is 0 Å². The molecule has 0 amide bonds. The minimum absolute atomic E-state index is 0.213. The van der Waals surface area contributed by atoms with Crippen LogP contribution in [0.25, 0.3) is 0 Å². The van der Waals surface area contributed by atoms with E-state index in [0.29, 0.717) is 5.92 Å². The van der Waals surface area contributed by atoms with Gasteiger partial charge in [-0.25, -0.2) is 0 Å². The number of rotatable bonds is 5. The van der Waals surface area contributed by atoms with E-state index in [4.69, 9.17) is 10.6 Å². The predicted molar refractivity (Wildman–Crippen MR) is 83.3 cm³/mol. The highest BCUT2D eigenvalue weighted by molar-refractivity contribution is 7.86. The second kappa shape index (κ2) is 7.11. The molecule has 1 aliphatic rings. The molecule has 0 aliphatic heterocycles. The molecule has 0 bridgehead atoms. The Balaban J connectivity index is 1.97. The zero-order chi connectivity index (χ0) is 15.3. The Morgan fingerprint density at radius 2 is 1.81 bits per heavy atom. The molecule has 4 heteroatoms. The second-order valence-corrected chi connectivity index (χ2v) is 7.17. The van der Waals surface area contributed by atoms with E-state index in [1.165, 1.54) is 0 Å². The fraction of sp³-hybridized carbons (Fsp3) is 0.529. The van der Waals surface area contributed by atoms with Crippen molar-refractivity contribution in [2.24, 2.45) is 5.92 Å². The van der Waals surface area contributed by atoms with Gasteiger partial charge in [0.2, 0.25) is 0 Å². The van der Waals surface area contributed by atoms with Gasteiger partial charge in [-0.05, 0) is 55.7 Å². The smallest absolute Gasteiger partial charge is 0.263 e. The summed E-state index contributed by atoms with van der Waals surface area (Å²) in [6.07, 6.45) is 10.2. The van der Waals surface area contributed by atoms with Gasteiger partial charge in [-0.2, -0.15) is 8.42 Å². The molecule has 0 radical (unpaired) electrons. The Morgan fingerprint density at radius 1 is 1.19 bits per heavy atom. The third-order valence-electron chi connectivity index (χ3n) is 4.08. The van der Waals surface area contributed by atoms with E-state index in [2.05, 4.69) is 5.92 Å². The summed E-state index contributed by atoms with van der Waals surface area (Å²) in [7, 11) is -3.65. The number of hydrogen-bond donors (Lipinski definition) is 0. The SMILES string of the molecule is C#CCC1CCC(OS(=O)(=O)c2ccc(CC)cc2)CC1. The molecule has 0 spiro atoms. The minimum Gasteiger partial charge on any atom is -0.263 e. The number of terminal acetylenes is 1. The Morgan fingerprint density at radius 3 is 2.33 bits per heavy atom. The third kappa shape index (κ3) is 4.33. The maximum absolute atomic E-state index is 12.3. The first kappa shape index (κ1) is 16.1. The molecular weight excluding hydrogens is 284 g/mol. The lowest BCUT2D eigenvalue weighted by atomic mass is 9.86. The Bertz CT molecular complexity index is 588. The predicted octanol–water partition coefficient (Wildman–Crippen LogP) is 3.54. The fourth-order valence-electron chi connectivity index (χ4n) is 2.73. The van der Waals surface area contributed by atoms with Gasteiger partial charge in [-0.15, -0.1) is 12.3 Å². The maximum Gasteiger partial charge on any atom is 0.297 e. The van der Waals surface area contributed by atoms with Crippen molar-refractivity contribution < 1.29 is 12.6 Å². The van der Waals surface area contributed by atoms with Crippen LogP contribution in [0.3, 0.4) is 0 Å². The van der Waals surface area contributed by atoms with Crippen LogP contribution in [-0.2, 0) is 20.7 Å². The summed E-state index contributed by atoms with van der Waals surface area (Å²) in [5, 5.41) is 0. The lowest BCUT2D eigenvalue weighted by Crippen LogP contribution is -2.24. The molecule has 0 saturated heterocycles. The van der Waals surface area contributed by atoms with Crippen LogP contribution in [0.4, 0.5) is 0 Å². The van der Waals surface area contributed by atoms with E-state index in [1.54, 1.807) is 12.1 Å². The summed E-state index contributed by atoms with van der Waals surface area (Å²) in [6.45, 7) is 2.04. The van der Waals surface area contributed by atoms with Crippen molar-refractivity contribution in [3.8, 4) is 12.3 Å².